The molecule has 0 saturated carbocycles. The number of hydrogen-bond donors (Lipinski definition) is 2. The molecule has 1 heterocycles. The Morgan fingerprint density at radius 3 is 3.00 bits per heavy atom. The van der Waals surface area contributed by atoms with Gasteiger partial charge in [-0.25, -0.2) is 4.79 Å². The van der Waals surface area contributed by atoms with Crippen molar-refractivity contribution in [3.63, 3.8) is 0 Å². The number of nitrogens with one attached hydrogen (secondary N) is 2. The van der Waals surface area contributed by atoms with Crippen molar-refractivity contribution in [3.05, 3.63) is 35.9 Å². The number of alkyl carbamates (subject to hydrolysis) is 1. The normalized spacial score (nSPS) is 19.2. The van der Waals surface area contributed by atoms with E-state index in [1.807, 2.05) is 30.3 Å². The van der Waals surface area contributed by atoms with Crippen molar-refractivity contribution in [1.82, 2.24) is 10.6 Å². The van der Waals surface area contributed by atoms with Crippen molar-refractivity contribution in [2.75, 3.05) is 19.8 Å². The summed E-state index contributed by atoms with van der Waals surface area (Å²) in [6.07, 6.45) is -0.630. The molecule has 1 aliphatic rings. The molecule has 1 aromatic carbocycles. The number of carbonyl (C=O) groups is 2. The first kappa shape index (κ1) is 13.4. The largest absolute Gasteiger partial charge is 0.445 e. The molecule has 0 aromatic heterocycles. The molecule has 2 amide bonds. The van der Waals surface area contributed by atoms with Gasteiger partial charge in [-0.1, -0.05) is 30.3 Å². The maximum atomic E-state index is 11.6. The van der Waals surface area contributed by atoms with Crippen molar-refractivity contribution >= 4 is 12.0 Å². The molecule has 0 bridgehead atoms. The van der Waals surface area contributed by atoms with Crippen LogP contribution in [0.2, 0.25) is 0 Å². The highest BCUT2D eigenvalue weighted by molar-refractivity contribution is 5.85. The Bertz CT molecular complexity index is 436. The van der Waals surface area contributed by atoms with Crippen molar-refractivity contribution in [3.8, 4) is 0 Å². The number of amides is 2. The van der Waals surface area contributed by atoms with Crippen LogP contribution in [0.5, 0.6) is 0 Å². The third-order valence-electron chi connectivity index (χ3n) is 2.65. The van der Waals surface area contributed by atoms with Crippen LogP contribution in [0, 0.1) is 0 Å². The van der Waals surface area contributed by atoms with Gasteiger partial charge in [-0.2, -0.15) is 0 Å². The van der Waals surface area contributed by atoms with Crippen LogP contribution in [-0.4, -0.2) is 37.8 Å². The average molecular weight is 264 g/mol. The van der Waals surface area contributed by atoms with Gasteiger partial charge in [0.05, 0.1) is 13.2 Å². The van der Waals surface area contributed by atoms with E-state index in [2.05, 4.69) is 10.6 Å². The van der Waals surface area contributed by atoms with Crippen LogP contribution in [0.1, 0.15) is 5.56 Å². The molecule has 2 rings (SSSR count). The van der Waals surface area contributed by atoms with Gasteiger partial charge < -0.3 is 20.1 Å². The Balaban J connectivity index is 1.79. The molecular weight excluding hydrogens is 248 g/mol. The van der Waals surface area contributed by atoms with E-state index < -0.39 is 12.1 Å². The zero-order chi connectivity index (χ0) is 13.5. The van der Waals surface area contributed by atoms with Gasteiger partial charge in [0.1, 0.15) is 12.6 Å². The van der Waals surface area contributed by atoms with Crippen molar-refractivity contribution in [1.29, 1.82) is 0 Å². The van der Waals surface area contributed by atoms with Gasteiger partial charge in [0.15, 0.2) is 0 Å². The standard InChI is InChI=1S/C13H16N2O4/c16-12-11(9-18-7-6-14-12)15-13(17)19-8-10-4-2-1-3-5-10/h1-5,11H,6-9H2,(H,14,16)(H,15,17). The summed E-state index contributed by atoms with van der Waals surface area (Å²) in [6.45, 7) is 1.23. The summed E-state index contributed by atoms with van der Waals surface area (Å²) in [5.41, 5.74) is 0.888. The van der Waals surface area contributed by atoms with Gasteiger partial charge in [-0.15, -0.1) is 0 Å². The minimum Gasteiger partial charge on any atom is -0.445 e. The average Bonchev–Trinajstić information content (AvgIpc) is 2.63. The molecule has 0 radical (unpaired) electrons. The number of hydrogen-bond acceptors (Lipinski definition) is 4. The zero-order valence-corrected chi connectivity index (χ0v) is 10.4. The minimum atomic E-state index is -0.703. The molecular formula is C13H16N2O4. The first-order valence-corrected chi connectivity index (χ1v) is 6.08. The predicted molar refractivity (Wildman–Crippen MR) is 67.4 cm³/mol. The van der Waals surface area contributed by atoms with Gasteiger partial charge in [0.25, 0.3) is 0 Å². The van der Waals surface area contributed by atoms with E-state index in [0.29, 0.717) is 13.2 Å². The van der Waals surface area contributed by atoms with Crippen molar-refractivity contribution in [2.45, 2.75) is 12.6 Å². The predicted octanol–water partition coefficient (Wildman–Crippen LogP) is 0.428. The van der Waals surface area contributed by atoms with Crippen LogP contribution < -0.4 is 10.6 Å². The molecule has 102 valence electrons. The van der Waals surface area contributed by atoms with Crippen molar-refractivity contribution in [2.24, 2.45) is 0 Å². The van der Waals surface area contributed by atoms with Gasteiger partial charge in [0, 0.05) is 6.54 Å². The summed E-state index contributed by atoms with van der Waals surface area (Å²) in [6, 6.07) is 8.62. The van der Waals surface area contributed by atoms with Gasteiger partial charge in [-0.05, 0) is 5.56 Å². The number of benzene rings is 1. The first-order valence-electron chi connectivity index (χ1n) is 6.08. The molecule has 1 aliphatic heterocycles. The maximum absolute atomic E-state index is 11.6. The molecule has 1 aromatic rings. The highest BCUT2D eigenvalue weighted by atomic mass is 16.5. The Morgan fingerprint density at radius 1 is 1.42 bits per heavy atom. The lowest BCUT2D eigenvalue weighted by Gasteiger charge is -2.14. The van der Waals surface area contributed by atoms with Gasteiger partial charge in [0.2, 0.25) is 5.91 Å². The van der Waals surface area contributed by atoms with Gasteiger partial charge in [-0.3, -0.25) is 4.79 Å². The van der Waals surface area contributed by atoms with E-state index in [1.165, 1.54) is 0 Å². The second-order valence-corrected chi connectivity index (χ2v) is 4.12. The number of rotatable bonds is 3. The third-order valence-corrected chi connectivity index (χ3v) is 2.65. The Labute approximate surface area is 111 Å². The minimum absolute atomic E-state index is 0.159. The smallest absolute Gasteiger partial charge is 0.408 e. The Hall–Kier alpha value is -2.08. The number of carbonyl (C=O) groups excluding carboxylic acids is 2. The molecule has 0 aliphatic carbocycles. The van der Waals surface area contributed by atoms with E-state index in [-0.39, 0.29) is 19.1 Å². The quantitative estimate of drug-likeness (QED) is 0.830. The fourth-order valence-electron chi connectivity index (χ4n) is 1.66. The van der Waals surface area contributed by atoms with Crippen molar-refractivity contribution < 1.29 is 19.1 Å². The first-order chi connectivity index (χ1) is 9.25. The Morgan fingerprint density at radius 2 is 2.21 bits per heavy atom. The van der Waals surface area contributed by atoms with Crippen LogP contribution in [-0.2, 0) is 20.9 Å². The van der Waals surface area contributed by atoms with Crippen LogP contribution in [0.25, 0.3) is 0 Å². The van der Waals surface area contributed by atoms with Crippen LogP contribution in [0.15, 0.2) is 30.3 Å². The highest BCUT2D eigenvalue weighted by Gasteiger charge is 2.23. The lowest BCUT2D eigenvalue weighted by Crippen LogP contribution is -2.47. The monoisotopic (exact) mass is 264 g/mol. The van der Waals surface area contributed by atoms with Crippen LogP contribution >= 0.6 is 0 Å². The van der Waals surface area contributed by atoms with E-state index in [0.717, 1.165) is 5.56 Å². The van der Waals surface area contributed by atoms with Crippen LogP contribution in [0.4, 0.5) is 4.79 Å². The topological polar surface area (TPSA) is 76.7 Å². The van der Waals surface area contributed by atoms with Crippen LogP contribution in [0.3, 0.4) is 0 Å². The second-order valence-electron chi connectivity index (χ2n) is 4.12. The summed E-state index contributed by atoms with van der Waals surface area (Å²) in [5, 5.41) is 5.12. The lowest BCUT2D eigenvalue weighted by atomic mass is 10.2. The molecule has 19 heavy (non-hydrogen) atoms. The van der Waals surface area contributed by atoms with E-state index in [4.69, 9.17) is 9.47 Å². The maximum Gasteiger partial charge on any atom is 0.408 e. The molecule has 0 spiro atoms. The van der Waals surface area contributed by atoms with Gasteiger partial charge >= 0.3 is 6.09 Å². The van der Waals surface area contributed by atoms with E-state index >= 15 is 0 Å². The van der Waals surface area contributed by atoms with E-state index in [9.17, 15) is 9.59 Å². The second kappa shape index (κ2) is 6.75. The molecule has 1 unspecified atom stereocenters. The third kappa shape index (κ3) is 4.26. The molecule has 1 fully saturated rings. The lowest BCUT2D eigenvalue weighted by molar-refractivity contribution is -0.123. The summed E-state index contributed by atoms with van der Waals surface area (Å²) < 4.78 is 10.2. The summed E-state index contributed by atoms with van der Waals surface area (Å²) in [5.74, 6) is -0.255. The van der Waals surface area contributed by atoms with E-state index in [1.54, 1.807) is 0 Å². The summed E-state index contributed by atoms with van der Waals surface area (Å²) >= 11 is 0. The Kier molecular flexibility index (Phi) is 4.74. The summed E-state index contributed by atoms with van der Waals surface area (Å²) in [7, 11) is 0. The molecule has 2 N–H and O–H groups in total. The zero-order valence-electron chi connectivity index (χ0n) is 10.4. The molecule has 1 atom stereocenters. The molecule has 6 nitrogen and oxygen atoms in total. The fraction of sp³-hybridized carbons (Fsp3) is 0.385. The SMILES string of the molecule is O=C(NC1COCCNC1=O)OCc1ccccc1. The molecule has 1 saturated heterocycles. The fourth-order valence-corrected chi connectivity index (χ4v) is 1.66. The number of ether oxygens (including phenoxy) is 2. The summed E-state index contributed by atoms with van der Waals surface area (Å²) in [4.78, 5) is 23.1. The highest BCUT2D eigenvalue weighted by Crippen LogP contribution is 2.01. The molecule has 6 heteroatoms.